The van der Waals surface area contributed by atoms with Gasteiger partial charge in [0, 0.05) is 0 Å². The third-order valence-corrected chi connectivity index (χ3v) is 1.41. The van der Waals surface area contributed by atoms with E-state index >= 15 is 0 Å². The molecule has 86 valence electrons. The first-order chi connectivity index (χ1) is 6.97. The lowest BCUT2D eigenvalue weighted by Gasteiger charge is -2.17. The zero-order chi connectivity index (χ0) is 11.9. The predicted octanol–water partition coefficient (Wildman–Crippen LogP) is 3.00. The van der Waals surface area contributed by atoms with E-state index in [1.807, 2.05) is 13.8 Å². The van der Waals surface area contributed by atoms with Gasteiger partial charge in [0.2, 0.25) is 0 Å². The summed E-state index contributed by atoms with van der Waals surface area (Å²) in [5.74, 6) is 0.263. The van der Waals surface area contributed by atoms with Crippen LogP contribution in [0.3, 0.4) is 0 Å². The predicted molar refractivity (Wildman–Crippen MR) is 59.5 cm³/mol. The Hall–Kier alpha value is -1.09. The van der Waals surface area contributed by atoms with Crippen LogP contribution in [-0.2, 0) is 0 Å². The van der Waals surface area contributed by atoms with Crippen LogP contribution >= 0.6 is 0 Å². The Labute approximate surface area is 90.7 Å². The van der Waals surface area contributed by atoms with Gasteiger partial charge in [-0.15, -0.1) is 0 Å². The van der Waals surface area contributed by atoms with Gasteiger partial charge < -0.3 is 9.84 Å². The van der Waals surface area contributed by atoms with Crippen LogP contribution in [0.15, 0.2) is 24.3 Å². The summed E-state index contributed by atoms with van der Waals surface area (Å²) in [6.07, 6.45) is 0. The maximum Gasteiger partial charge on any atom is 0.123 e. The molecule has 0 aromatic heterocycles. The standard InChI is InChI=1S/C10H13FO2.C2H6/c1-10(2,12)7-13-9-5-3-8(11)4-6-9;1-2/h3-6,12H,7H2,1-2H3;1-2H3. The summed E-state index contributed by atoms with van der Waals surface area (Å²) in [6, 6.07) is 5.70. The smallest absolute Gasteiger partial charge is 0.123 e. The molecule has 0 aliphatic heterocycles. The summed E-state index contributed by atoms with van der Waals surface area (Å²) < 4.78 is 17.7. The molecule has 0 unspecified atom stereocenters. The zero-order valence-corrected chi connectivity index (χ0v) is 9.75. The number of hydrogen-bond donors (Lipinski definition) is 1. The lowest BCUT2D eigenvalue weighted by atomic mass is 10.2. The Kier molecular flexibility index (Phi) is 5.94. The van der Waals surface area contributed by atoms with Gasteiger partial charge in [0.05, 0.1) is 5.60 Å². The average Bonchev–Trinajstić information content (AvgIpc) is 2.19. The summed E-state index contributed by atoms with van der Waals surface area (Å²) in [6.45, 7) is 7.49. The number of rotatable bonds is 3. The second-order valence-corrected chi connectivity index (χ2v) is 3.56. The average molecular weight is 214 g/mol. The molecule has 0 spiro atoms. The zero-order valence-electron chi connectivity index (χ0n) is 9.75. The Balaban J connectivity index is 0.000000921. The van der Waals surface area contributed by atoms with Gasteiger partial charge in [0.25, 0.3) is 0 Å². The van der Waals surface area contributed by atoms with Crippen molar-refractivity contribution in [2.45, 2.75) is 33.3 Å². The van der Waals surface area contributed by atoms with Crippen molar-refractivity contribution >= 4 is 0 Å². The SMILES string of the molecule is CC.CC(C)(O)COc1ccc(F)cc1. The third kappa shape index (κ3) is 6.91. The Morgan fingerprint density at radius 1 is 1.20 bits per heavy atom. The number of ether oxygens (including phenoxy) is 1. The monoisotopic (exact) mass is 214 g/mol. The number of hydrogen-bond acceptors (Lipinski definition) is 2. The summed E-state index contributed by atoms with van der Waals surface area (Å²) in [7, 11) is 0. The Bertz CT molecular complexity index is 262. The van der Waals surface area contributed by atoms with Gasteiger partial charge in [0.15, 0.2) is 0 Å². The molecular weight excluding hydrogens is 195 g/mol. The summed E-state index contributed by atoms with van der Waals surface area (Å²) in [4.78, 5) is 0. The quantitative estimate of drug-likeness (QED) is 0.838. The molecule has 0 radical (unpaired) electrons. The van der Waals surface area contributed by atoms with Gasteiger partial charge >= 0.3 is 0 Å². The van der Waals surface area contributed by atoms with Crippen molar-refractivity contribution in [3.05, 3.63) is 30.1 Å². The minimum atomic E-state index is -0.867. The maximum atomic E-state index is 12.5. The second-order valence-electron chi connectivity index (χ2n) is 3.56. The van der Waals surface area contributed by atoms with Crippen molar-refractivity contribution in [3.63, 3.8) is 0 Å². The molecular formula is C12H19FO2. The van der Waals surface area contributed by atoms with Crippen molar-refractivity contribution < 1.29 is 14.2 Å². The molecule has 0 bridgehead atoms. The maximum absolute atomic E-state index is 12.5. The highest BCUT2D eigenvalue weighted by molar-refractivity contribution is 5.22. The van der Waals surface area contributed by atoms with Crippen LogP contribution in [0.1, 0.15) is 27.7 Å². The Morgan fingerprint density at radius 2 is 1.67 bits per heavy atom. The van der Waals surface area contributed by atoms with Crippen LogP contribution in [-0.4, -0.2) is 17.3 Å². The van der Waals surface area contributed by atoms with E-state index < -0.39 is 5.60 Å². The van der Waals surface area contributed by atoms with Gasteiger partial charge in [-0.3, -0.25) is 0 Å². The molecule has 0 saturated heterocycles. The van der Waals surface area contributed by atoms with Crippen LogP contribution in [0.2, 0.25) is 0 Å². The van der Waals surface area contributed by atoms with Crippen LogP contribution in [0.25, 0.3) is 0 Å². The highest BCUT2D eigenvalue weighted by atomic mass is 19.1. The van der Waals surface area contributed by atoms with E-state index in [4.69, 9.17) is 4.74 Å². The molecule has 0 aliphatic rings. The number of benzene rings is 1. The molecule has 1 aromatic rings. The lowest BCUT2D eigenvalue weighted by Crippen LogP contribution is -2.27. The van der Waals surface area contributed by atoms with Gasteiger partial charge in [-0.2, -0.15) is 0 Å². The fraction of sp³-hybridized carbons (Fsp3) is 0.500. The Morgan fingerprint density at radius 3 is 2.07 bits per heavy atom. The first-order valence-corrected chi connectivity index (χ1v) is 5.08. The highest BCUT2D eigenvalue weighted by Crippen LogP contribution is 2.13. The van der Waals surface area contributed by atoms with Crippen molar-refractivity contribution in [2.24, 2.45) is 0 Å². The molecule has 1 aromatic carbocycles. The van der Waals surface area contributed by atoms with E-state index in [0.717, 1.165) is 0 Å². The van der Waals surface area contributed by atoms with Gasteiger partial charge in [-0.25, -0.2) is 4.39 Å². The van der Waals surface area contributed by atoms with Gasteiger partial charge in [-0.05, 0) is 38.1 Å². The van der Waals surface area contributed by atoms with Crippen LogP contribution < -0.4 is 4.74 Å². The van der Waals surface area contributed by atoms with Gasteiger partial charge in [-0.1, -0.05) is 13.8 Å². The largest absolute Gasteiger partial charge is 0.491 e. The van der Waals surface area contributed by atoms with Gasteiger partial charge in [0.1, 0.15) is 18.2 Å². The number of halogens is 1. The molecule has 3 heteroatoms. The minimum Gasteiger partial charge on any atom is -0.491 e. The first kappa shape index (κ1) is 13.9. The second kappa shape index (κ2) is 6.40. The molecule has 0 heterocycles. The molecule has 0 amide bonds. The molecule has 15 heavy (non-hydrogen) atoms. The van der Waals surface area contributed by atoms with Crippen LogP contribution in [0.4, 0.5) is 4.39 Å². The van der Waals surface area contributed by atoms with Crippen molar-refractivity contribution in [3.8, 4) is 5.75 Å². The summed E-state index contributed by atoms with van der Waals surface area (Å²) in [5, 5.41) is 9.33. The van der Waals surface area contributed by atoms with E-state index in [-0.39, 0.29) is 12.4 Å². The van der Waals surface area contributed by atoms with Crippen LogP contribution in [0, 0.1) is 5.82 Å². The van der Waals surface area contributed by atoms with E-state index in [0.29, 0.717) is 5.75 Å². The van der Waals surface area contributed by atoms with E-state index in [1.165, 1.54) is 24.3 Å². The van der Waals surface area contributed by atoms with Crippen LogP contribution in [0.5, 0.6) is 5.75 Å². The molecule has 1 N–H and O–H groups in total. The fourth-order valence-corrected chi connectivity index (χ4v) is 0.791. The highest BCUT2D eigenvalue weighted by Gasteiger charge is 2.12. The topological polar surface area (TPSA) is 29.5 Å². The number of aliphatic hydroxyl groups is 1. The van der Waals surface area contributed by atoms with E-state index in [2.05, 4.69) is 0 Å². The first-order valence-electron chi connectivity index (χ1n) is 5.08. The molecule has 2 nitrogen and oxygen atoms in total. The third-order valence-electron chi connectivity index (χ3n) is 1.41. The van der Waals surface area contributed by atoms with E-state index in [1.54, 1.807) is 13.8 Å². The molecule has 1 rings (SSSR count). The molecule has 0 saturated carbocycles. The molecule has 0 fully saturated rings. The molecule has 0 atom stereocenters. The van der Waals surface area contributed by atoms with E-state index in [9.17, 15) is 9.50 Å². The summed E-state index contributed by atoms with van der Waals surface area (Å²) >= 11 is 0. The normalized spacial score (nSPS) is 10.3. The van der Waals surface area contributed by atoms with Crippen molar-refractivity contribution in [1.29, 1.82) is 0 Å². The molecule has 0 aliphatic carbocycles. The van der Waals surface area contributed by atoms with Crippen molar-refractivity contribution in [1.82, 2.24) is 0 Å². The summed E-state index contributed by atoms with van der Waals surface area (Å²) in [5.41, 5.74) is -0.867. The minimum absolute atomic E-state index is 0.193. The lowest BCUT2D eigenvalue weighted by molar-refractivity contribution is 0.0285. The fourth-order valence-electron chi connectivity index (χ4n) is 0.791. The van der Waals surface area contributed by atoms with Crippen molar-refractivity contribution in [2.75, 3.05) is 6.61 Å².